The Hall–Kier alpha value is -2.22. The van der Waals surface area contributed by atoms with Gasteiger partial charge in [0.25, 0.3) is 0 Å². The zero-order valence-corrected chi connectivity index (χ0v) is 26.5. The first kappa shape index (κ1) is 31.2. The molecule has 5 saturated carbocycles. The van der Waals surface area contributed by atoms with Crippen LogP contribution in [0.2, 0.25) is 0 Å². The first-order valence-corrected chi connectivity index (χ1v) is 15.9. The van der Waals surface area contributed by atoms with E-state index in [1.165, 1.54) is 13.8 Å². The van der Waals surface area contributed by atoms with E-state index in [1.54, 1.807) is 13.8 Å². The van der Waals surface area contributed by atoms with Crippen molar-refractivity contribution >= 4 is 23.7 Å². The molecule has 2 N–H and O–H groups in total. The molecule has 8 heteroatoms. The van der Waals surface area contributed by atoms with Gasteiger partial charge in [-0.2, -0.15) is 0 Å². The zero-order valence-electron chi connectivity index (χ0n) is 26.5. The van der Waals surface area contributed by atoms with Crippen LogP contribution in [0.1, 0.15) is 106 Å². The monoisotopic (exact) mass is 586 g/mol. The molecule has 0 unspecified atom stereocenters. The van der Waals surface area contributed by atoms with Crippen molar-refractivity contribution in [3.05, 3.63) is 12.2 Å². The van der Waals surface area contributed by atoms with Crippen molar-refractivity contribution in [2.45, 2.75) is 125 Å². The van der Waals surface area contributed by atoms with Gasteiger partial charge in [0.2, 0.25) is 0 Å². The van der Waals surface area contributed by atoms with E-state index in [9.17, 15) is 29.4 Å². The highest BCUT2D eigenvalue weighted by Crippen LogP contribution is 2.89. The number of allylic oxidation sites excluding steroid dienone is 1. The predicted molar refractivity (Wildman–Crippen MR) is 155 cm³/mol. The minimum absolute atomic E-state index is 0.103. The van der Waals surface area contributed by atoms with Gasteiger partial charge in [-0.1, -0.05) is 27.4 Å². The van der Waals surface area contributed by atoms with Crippen LogP contribution in [0.25, 0.3) is 0 Å². The average molecular weight is 587 g/mol. The number of carbonyl (C=O) groups is 4. The summed E-state index contributed by atoms with van der Waals surface area (Å²) in [5.74, 6) is -2.13. The Morgan fingerprint density at radius 3 is 1.98 bits per heavy atom. The molecule has 5 aliphatic carbocycles. The van der Waals surface area contributed by atoms with Crippen LogP contribution in [-0.4, -0.2) is 52.2 Å². The third-order valence-corrected chi connectivity index (χ3v) is 13.8. The Morgan fingerprint density at radius 1 is 0.857 bits per heavy atom. The lowest BCUT2D eigenvalue weighted by Gasteiger charge is -2.65. The zero-order chi connectivity index (χ0) is 31.2. The highest BCUT2D eigenvalue weighted by Gasteiger charge is 2.88. The summed E-state index contributed by atoms with van der Waals surface area (Å²) in [6.07, 6.45) is 4.01. The number of carbonyl (C=O) groups excluding carboxylic acids is 3. The van der Waals surface area contributed by atoms with Crippen molar-refractivity contribution in [1.82, 2.24) is 0 Å². The third kappa shape index (κ3) is 3.95. The van der Waals surface area contributed by atoms with Gasteiger partial charge in [-0.25, -0.2) is 0 Å². The van der Waals surface area contributed by atoms with Gasteiger partial charge in [0.15, 0.2) is 5.78 Å². The molecule has 12 atom stereocenters. The summed E-state index contributed by atoms with van der Waals surface area (Å²) < 4.78 is 12.3. The second-order valence-corrected chi connectivity index (χ2v) is 15.4. The summed E-state index contributed by atoms with van der Waals surface area (Å²) in [6.45, 7) is 16.8. The van der Waals surface area contributed by atoms with E-state index in [-0.39, 0.29) is 27.9 Å². The quantitative estimate of drug-likeness (QED) is 0.282. The van der Waals surface area contributed by atoms with Gasteiger partial charge < -0.3 is 19.7 Å². The van der Waals surface area contributed by atoms with Crippen molar-refractivity contribution in [2.75, 3.05) is 0 Å². The Bertz CT molecular complexity index is 1210. The van der Waals surface area contributed by atoms with Gasteiger partial charge in [-0.3, -0.25) is 19.2 Å². The summed E-state index contributed by atoms with van der Waals surface area (Å²) in [4.78, 5) is 50.7. The molecule has 8 nitrogen and oxygen atoms in total. The van der Waals surface area contributed by atoms with Crippen LogP contribution in [0.15, 0.2) is 12.2 Å². The molecule has 42 heavy (non-hydrogen) atoms. The fourth-order valence-electron chi connectivity index (χ4n) is 11.7. The number of carboxylic acid groups (broad SMARTS) is 1. The second-order valence-electron chi connectivity index (χ2n) is 15.4. The number of aliphatic hydroxyl groups excluding tert-OH is 1. The molecule has 0 saturated heterocycles. The molecule has 0 aliphatic heterocycles. The Balaban J connectivity index is 1.61. The normalized spacial score (nSPS) is 47.5. The van der Waals surface area contributed by atoms with Crippen LogP contribution in [0.5, 0.6) is 0 Å². The Labute approximate surface area is 250 Å². The van der Waals surface area contributed by atoms with E-state index in [1.807, 2.05) is 0 Å². The molecule has 5 aliphatic rings. The Kier molecular flexibility index (Phi) is 7.36. The highest BCUT2D eigenvalue weighted by molar-refractivity contribution is 5.94. The molecular formula is C34H50O8. The van der Waals surface area contributed by atoms with Gasteiger partial charge in [0.05, 0.1) is 11.5 Å². The minimum Gasteiger partial charge on any atom is -0.481 e. The lowest BCUT2D eigenvalue weighted by molar-refractivity contribution is -0.259. The molecule has 0 aromatic carbocycles. The van der Waals surface area contributed by atoms with Crippen molar-refractivity contribution in [1.29, 1.82) is 0 Å². The summed E-state index contributed by atoms with van der Waals surface area (Å²) >= 11 is 0. The molecule has 5 fully saturated rings. The van der Waals surface area contributed by atoms with Crippen molar-refractivity contribution in [2.24, 2.45) is 50.7 Å². The Morgan fingerprint density at radius 2 is 1.43 bits per heavy atom. The van der Waals surface area contributed by atoms with Crippen LogP contribution < -0.4 is 0 Å². The van der Waals surface area contributed by atoms with Gasteiger partial charge in [-0.15, -0.1) is 0 Å². The van der Waals surface area contributed by atoms with Gasteiger partial charge in [0.1, 0.15) is 12.2 Å². The number of hydrogen-bond donors (Lipinski definition) is 2. The smallest absolute Gasteiger partial charge is 0.312 e. The van der Waals surface area contributed by atoms with Gasteiger partial charge in [0, 0.05) is 32.1 Å². The molecular weight excluding hydrogens is 536 g/mol. The maximum absolute atomic E-state index is 12.9. The standard InChI is InChI=1S/C34H50O8/c1-18(2)23(37)10-9-19(3)22-11-13-31(7)27-25(41-20(4)35)26(42-21(5)36)28-32(8,29(39)40)24(38)12-14-33(28)17-34(27,33)16-15-30(22,31)6/h19,22,24-28,38H,1,9-17H2,2-8H3,(H,39,40)/t19-,22+,24+,25-,26+,27-,28+,30-,31+,32-,33+,34-/m1/s1. The lowest BCUT2D eigenvalue weighted by Crippen LogP contribution is -2.69. The van der Waals surface area contributed by atoms with Crippen molar-refractivity contribution in [3.8, 4) is 0 Å². The molecule has 0 amide bonds. The molecule has 0 aromatic heterocycles. The van der Waals surface area contributed by atoms with Crippen LogP contribution in [-0.2, 0) is 28.7 Å². The summed E-state index contributed by atoms with van der Waals surface area (Å²) in [5.41, 5.74) is -1.99. The van der Waals surface area contributed by atoms with Crippen molar-refractivity contribution in [3.63, 3.8) is 0 Å². The summed E-state index contributed by atoms with van der Waals surface area (Å²) in [6, 6.07) is 0. The fraction of sp³-hybridized carbons (Fsp3) is 0.824. The summed E-state index contributed by atoms with van der Waals surface area (Å²) in [7, 11) is 0. The number of aliphatic carboxylic acids is 1. The summed E-state index contributed by atoms with van der Waals surface area (Å²) in [5, 5.41) is 21.8. The van der Waals surface area contributed by atoms with E-state index in [4.69, 9.17) is 9.47 Å². The topological polar surface area (TPSA) is 127 Å². The van der Waals surface area contributed by atoms with E-state index in [0.717, 1.165) is 38.5 Å². The van der Waals surface area contributed by atoms with Crippen molar-refractivity contribution < 1.29 is 38.9 Å². The third-order valence-electron chi connectivity index (χ3n) is 13.8. The number of carboxylic acids is 1. The molecule has 0 heterocycles. The number of Topliss-reactive ketones (excluding diaryl/α,β-unsaturated/α-hetero) is 1. The van der Waals surface area contributed by atoms with E-state index in [2.05, 4.69) is 27.4 Å². The number of fused-ring (bicyclic) bond motifs is 2. The molecule has 5 rings (SSSR count). The number of aliphatic hydroxyl groups is 1. The highest BCUT2D eigenvalue weighted by atomic mass is 16.6. The second kappa shape index (κ2) is 9.90. The van der Waals surface area contributed by atoms with Crippen LogP contribution >= 0.6 is 0 Å². The number of esters is 2. The first-order chi connectivity index (χ1) is 19.4. The largest absolute Gasteiger partial charge is 0.481 e. The van der Waals surface area contributed by atoms with Crippen LogP contribution in [0.3, 0.4) is 0 Å². The fourth-order valence-corrected chi connectivity index (χ4v) is 11.7. The SMILES string of the molecule is C=C(C)C(=O)CC[C@@H](C)[C@@H]1CC[C@@]2(C)[C@H]3[C@H](OC(C)=O)[C@H](OC(C)=O)[C@H]4[C@](C)(C(=O)O)[C@@H](O)CC[C@]45C[C@]35CC[C@]12C. The molecule has 0 bridgehead atoms. The molecule has 0 aromatic rings. The van der Waals surface area contributed by atoms with E-state index in [0.29, 0.717) is 36.7 Å². The minimum atomic E-state index is -1.55. The average Bonchev–Trinajstić information content (AvgIpc) is 3.44. The van der Waals surface area contributed by atoms with Crippen LogP contribution in [0.4, 0.5) is 0 Å². The van der Waals surface area contributed by atoms with Gasteiger partial charge in [-0.05, 0) is 104 Å². The molecule has 234 valence electrons. The number of rotatable bonds is 8. The lowest BCUT2D eigenvalue weighted by atomic mass is 9.40. The molecule has 2 spiro atoms. The first-order valence-electron chi connectivity index (χ1n) is 15.9. The number of ether oxygens (including phenoxy) is 2. The number of ketones is 1. The van der Waals surface area contributed by atoms with Gasteiger partial charge >= 0.3 is 17.9 Å². The number of hydrogen-bond acceptors (Lipinski definition) is 7. The van der Waals surface area contributed by atoms with E-state index < -0.39 is 53.0 Å². The van der Waals surface area contributed by atoms with Crippen LogP contribution in [0, 0.1) is 50.7 Å². The van der Waals surface area contributed by atoms with E-state index >= 15 is 0 Å². The predicted octanol–water partition coefficient (Wildman–Crippen LogP) is 5.50. The maximum atomic E-state index is 12.9. The maximum Gasteiger partial charge on any atom is 0.312 e. The molecule has 0 radical (unpaired) electrons.